The molecule has 1 aromatic heterocycles. The number of guanidine groups is 1. The Kier molecular flexibility index (Phi) is 8.02. The number of rotatable bonds is 6. The van der Waals surface area contributed by atoms with E-state index in [-0.39, 0.29) is 35.6 Å². The van der Waals surface area contributed by atoms with Crippen LogP contribution in [-0.2, 0) is 13.5 Å². The first-order valence-corrected chi connectivity index (χ1v) is 11.0. The molecule has 7 heteroatoms. The van der Waals surface area contributed by atoms with Crippen molar-refractivity contribution in [3.63, 3.8) is 0 Å². The van der Waals surface area contributed by atoms with Gasteiger partial charge < -0.3 is 15.4 Å². The molecule has 164 valence electrons. The zero-order chi connectivity index (χ0) is 20.1. The molecule has 4 rings (SSSR count). The molecule has 30 heavy (non-hydrogen) atoms. The third-order valence-corrected chi connectivity index (χ3v) is 6.02. The maximum atomic E-state index is 6.49. The summed E-state index contributed by atoms with van der Waals surface area (Å²) in [5.41, 5.74) is 2.50. The molecular weight excluding hydrogens is 489 g/mol. The van der Waals surface area contributed by atoms with Gasteiger partial charge in [-0.3, -0.25) is 9.67 Å². The van der Waals surface area contributed by atoms with E-state index in [1.165, 1.54) is 24.0 Å². The number of aliphatic imine (C=N–C) groups is 1. The maximum Gasteiger partial charge on any atom is 0.191 e. The van der Waals surface area contributed by atoms with E-state index in [0.29, 0.717) is 0 Å². The van der Waals surface area contributed by atoms with E-state index in [2.05, 4.69) is 53.1 Å². The van der Waals surface area contributed by atoms with Crippen LogP contribution in [0.15, 0.2) is 41.7 Å². The average molecular weight is 523 g/mol. The maximum absolute atomic E-state index is 6.49. The summed E-state index contributed by atoms with van der Waals surface area (Å²) in [7, 11) is 1.96. The van der Waals surface area contributed by atoms with E-state index in [1.54, 1.807) is 0 Å². The summed E-state index contributed by atoms with van der Waals surface area (Å²) in [6, 6.07) is 8.69. The summed E-state index contributed by atoms with van der Waals surface area (Å²) >= 11 is 0. The fourth-order valence-corrected chi connectivity index (χ4v) is 4.63. The second-order valence-electron chi connectivity index (χ2n) is 8.32. The van der Waals surface area contributed by atoms with Crippen molar-refractivity contribution in [1.29, 1.82) is 0 Å². The molecular formula is C23H34IN5O. The lowest BCUT2D eigenvalue weighted by atomic mass is 9.86. The molecule has 1 aliphatic heterocycles. The van der Waals surface area contributed by atoms with Crippen molar-refractivity contribution in [1.82, 2.24) is 20.4 Å². The fourth-order valence-electron chi connectivity index (χ4n) is 4.63. The zero-order valence-corrected chi connectivity index (χ0v) is 20.4. The van der Waals surface area contributed by atoms with Crippen LogP contribution in [0.1, 0.15) is 62.6 Å². The van der Waals surface area contributed by atoms with Gasteiger partial charge >= 0.3 is 0 Å². The number of nitrogens with zero attached hydrogens (tertiary/aromatic N) is 3. The third-order valence-electron chi connectivity index (χ3n) is 6.02. The van der Waals surface area contributed by atoms with Gasteiger partial charge in [-0.1, -0.05) is 18.2 Å². The highest BCUT2D eigenvalue weighted by Crippen LogP contribution is 2.46. The van der Waals surface area contributed by atoms with Crippen molar-refractivity contribution in [3.8, 4) is 5.75 Å². The molecule has 0 amide bonds. The van der Waals surface area contributed by atoms with Crippen LogP contribution in [0, 0.1) is 0 Å². The number of aryl methyl sites for hydroxylation is 2. The highest BCUT2D eigenvalue weighted by Gasteiger charge is 2.43. The summed E-state index contributed by atoms with van der Waals surface area (Å²) in [6.07, 6.45) is 11.9. The number of ether oxygens (including phenoxy) is 1. The van der Waals surface area contributed by atoms with Gasteiger partial charge in [0.05, 0.1) is 12.2 Å². The predicted octanol–water partition coefficient (Wildman–Crippen LogP) is 4.36. The molecule has 2 N–H and O–H groups in total. The molecule has 1 spiro atoms. The van der Waals surface area contributed by atoms with Crippen LogP contribution in [-0.4, -0.2) is 34.4 Å². The normalized spacial score (nSPS) is 19.7. The van der Waals surface area contributed by atoms with E-state index in [4.69, 9.17) is 9.73 Å². The van der Waals surface area contributed by atoms with Crippen molar-refractivity contribution in [2.45, 2.75) is 63.5 Å². The average Bonchev–Trinajstić information content (AvgIpc) is 3.34. The lowest BCUT2D eigenvalue weighted by Gasteiger charge is -2.40. The highest BCUT2D eigenvalue weighted by molar-refractivity contribution is 14.0. The third kappa shape index (κ3) is 5.47. The summed E-state index contributed by atoms with van der Waals surface area (Å²) < 4.78 is 8.35. The summed E-state index contributed by atoms with van der Waals surface area (Å²) in [6.45, 7) is 3.76. The van der Waals surface area contributed by atoms with Crippen LogP contribution in [0.4, 0.5) is 0 Å². The number of hydrogen-bond donors (Lipinski definition) is 2. The Labute approximate surface area is 196 Å². The predicted molar refractivity (Wildman–Crippen MR) is 132 cm³/mol. The molecule has 6 nitrogen and oxygen atoms in total. The van der Waals surface area contributed by atoms with Crippen LogP contribution < -0.4 is 15.4 Å². The monoisotopic (exact) mass is 523 g/mol. The molecule has 2 heterocycles. The first-order chi connectivity index (χ1) is 14.2. The van der Waals surface area contributed by atoms with Gasteiger partial charge in [0.25, 0.3) is 0 Å². The largest absolute Gasteiger partial charge is 0.487 e. The number of benzene rings is 1. The van der Waals surface area contributed by atoms with E-state index in [0.717, 1.165) is 56.9 Å². The number of aromatic nitrogens is 2. The highest BCUT2D eigenvalue weighted by atomic mass is 127. The van der Waals surface area contributed by atoms with Gasteiger partial charge in [0.1, 0.15) is 11.4 Å². The minimum atomic E-state index is -0.0103. The van der Waals surface area contributed by atoms with Crippen LogP contribution in [0.3, 0.4) is 0 Å². The molecule has 1 unspecified atom stereocenters. The van der Waals surface area contributed by atoms with Gasteiger partial charge in [0.15, 0.2) is 5.96 Å². The first-order valence-electron chi connectivity index (χ1n) is 11.0. The van der Waals surface area contributed by atoms with Crippen molar-refractivity contribution in [2.75, 3.05) is 13.1 Å². The standard InChI is InChI=1S/C23H33N5O.HI/c1-3-24-22(25-14-8-9-18-16-26-28(2)17-18)27-20-15-23(12-6-7-13-23)29-21-11-5-4-10-19(20)21;/h4-5,10-11,16-17,20H,3,6-9,12-15H2,1-2H3,(H2,24,25,27);1H. The summed E-state index contributed by atoms with van der Waals surface area (Å²) in [4.78, 5) is 4.84. The Bertz CT molecular complexity index is 844. The SMILES string of the molecule is CCNC(=NCCCc1cnn(C)c1)NC1CC2(CCCC2)Oc2ccccc21.I. The summed E-state index contributed by atoms with van der Waals surface area (Å²) in [5, 5.41) is 11.4. The Morgan fingerprint density at radius 3 is 2.83 bits per heavy atom. The molecule has 0 saturated heterocycles. The van der Waals surface area contributed by atoms with Gasteiger partial charge in [0.2, 0.25) is 0 Å². The molecule has 1 aromatic carbocycles. The van der Waals surface area contributed by atoms with Crippen LogP contribution in [0.2, 0.25) is 0 Å². The van der Waals surface area contributed by atoms with Gasteiger partial charge in [0, 0.05) is 38.3 Å². The number of para-hydroxylation sites is 1. The Hall–Kier alpha value is -1.77. The quantitative estimate of drug-likeness (QED) is 0.256. The van der Waals surface area contributed by atoms with E-state index in [1.807, 2.05) is 17.9 Å². The van der Waals surface area contributed by atoms with Crippen molar-refractivity contribution in [3.05, 3.63) is 47.8 Å². The fraction of sp³-hybridized carbons (Fsp3) is 0.565. The van der Waals surface area contributed by atoms with Crippen LogP contribution >= 0.6 is 24.0 Å². The smallest absolute Gasteiger partial charge is 0.191 e. The molecule has 1 saturated carbocycles. The Balaban J connectivity index is 0.00000256. The first kappa shape index (κ1) is 22.9. The number of halogens is 1. The second-order valence-corrected chi connectivity index (χ2v) is 8.32. The Morgan fingerprint density at radius 1 is 1.30 bits per heavy atom. The van der Waals surface area contributed by atoms with E-state index < -0.39 is 0 Å². The van der Waals surface area contributed by atoms with Crippen molar-refractivity contribution in [2.24, 2.45) is 12.0 Å². The number of nitrogens with one attached hydrogen (secondary N) is 2. The number of fused-ring (bicyclic) bond motifs is 1. The van der Waals surface area contributed by atoms with Crippen LogP contribution in [0.25, 0.3) is 0 Å². The van der Waals surface area contributed by atoms with Gasteiger partial charge in [-0.25, -0.2) is 0 Å². The lowest BCUT2D eigenvalue weighted by Crippen LogP contribution is -2.46. The topological polar surface area (TPSA) is 63.5 Å². The molecule has 0 radical (unpaired) electrons. The molecule has 2 aromatic rings. The van der Waals surface area contributed by atoms with E-state index >= 15 is 0 Å². The molecule has 1 aliphatic carbocycles. The number of hydrogen-bond acceptors (Lipinski definition) is 3. The van der Waals surface area contributed by atoms with Crippen molar-refractivity contribution < 1.29 is 4.74 Å². The zero-order valence-electron chi connectivity index (χ0n) is 18.1. The van der Waals surface area contributed by atoms with E-state index in [9.17, 15) is 0 Å². The molecule has 1 fully saturated rings. The van der Waals surface area contributed by atoms with Gasteiger partial charge in [-0.2, -0.15) is 5.10 Å². The van der Waals surface area contributed by atoms with Crippen LogP contribution in [0.5, 0.6) is 5.75 Å². The molecule has 2 aliphatic rings. The second kappa shape index (κ2) is 10.5. The minimum Gasteiger partial charge on any atom is -0.487 e. The Morgan fingerprint density at radius 2 is 2.10 bits per heavy atom. The lowest BCUT2D eigenvalue weighted by molar-refractivity contribution is 0.0396. The summed E-state index contributed by atoms with van der Waals surface area (Å²) in [5.74, 6) is 1.93. The minimum absolute atomic E-state index is 0. The van der Waals surface area contributed by atoms with Gasteiger partial charge in [-0.15, -0.1) is 24.0 Å². The van der Waals surface area contributed by atoms with Gasteiger partial charge in [-0.05, 0) is 57.1 Å². The van der Waals surface area contributed by atoms with Crippen molar-refractivity contribution >= 4 is 29.9 Å². The molecule has 1 atom stereocenters. The molecule has 0 bridgehead atoms.